The fraction of sp³-hybridized carbons (Fsp3) is 0.231. The lowest BCUT2D eigenvalue weighted by Gasteiger charge is -2.12. The standard InChI is InChI=1S/C26H28N6O3/c1-15-13-22(34-6)11-12-23(15)30-26(33)29-20-7-9-21(10-8-20)35-25-14-24(27-19(5)28-25)32-18(4)16(2)17(3)31-32/h7-14H,1-6H3,(H2,29,30,33). The van der Waals surface area contributed by atoms with E-state index in [0.717, 1.165) is 28.3 Å². The number of rotatable bonds is 6. The number of amides is 2. The Hall–Kier alpha value is -4.40. The van der Waals surface area contributed by atoms with E-state index in [0.29, 0.717) is 34.6 Å². The molecule has 2 heterocycles. The normalized spacial score (nSPS) is 10.7. The van der Waals surface area contributed by atoms with E-state index >= 15 is 0 Å². The molecule has 4 aromatic rings. The van der Waals surface area contributed by atoms with E-state index in [2.05, 4.69) is 25.7 Å². The largest absolute Gasteiger partial charge is 0.497 e. The van der Waals surface area contributed by atoms with E-state index in [-0.39, 0.29) is 6.03 Å². The summed E-state index contributed by atoms with van der Waals surface area (Å²) in [4.78, 5) is 21.3. The molecule has 0 aliphatic carbocycles. The quantitative estimate of drug-likeness (QED) is 0.376. The summed E-state index contributed by atoms with van der Waals surface area (Å²) < 4.78 is 13.0. The molecule has 0 aliphatic heterocycles. The van der Waals surface area contributed by atoms with Crippen molar-refractivity contribution in [3.63, 3.8) is 0 Å². The lowest BCUT2D eigenvalue weighted by molar-refractivity contribution is 0.262. The number of anilines is 2. The minimum atomic E-state index is -0.344. The van der Waals surface area contributed by atoms with E-state index in [4.69, 9.17) is 9.47 Å². The Bertz CT molecular complexity index is 1380. The van der Waals surface area contributed by atoms with Crippen LogP contribution in [0, 0.1) is 34.6 Å². The number of nitrogens with zero attached hydrogens (tertiary/aromatic N) is 4. The molecule has 2 N–H and O–H groups in total. The summed E-state index contributed by atoms with van der Waals surface area (Å²) in [6, 6.07) is 13.9. The van der Waals surface area contributed by atoms with Crippen molar-refractivity contribution in [2.75, 3.05) is 17.7 Å². The van der Waals surface area contributed by atoms with Gasteiger partial charge in [-0.15, -0.1) is 0 Å². The number of benzene rings is 2. The number of hydrogen-bond acceptors (Lipinski definition) is 6. The molecule has 2 aromatic heterocycles. The van der Waals surface area contributed by atoms with Gasteiger partial charge in [-0.2, -0.15) is 10.1 Å². The molecule has 9 heteroatoms. The van der Waals surface area contributed by atoms with Crippen molar-refractivity contribution in [1.82, 2.24) is 19.7 Å². The van der Waals surface area contributed by atoms with Crippen LogP contribution in [0.15, 0.2) is 48.5 Å². The summed E-state index contributed by atoms with van der Waals surface area (Å²) in [5.41, 5.74) is 5.33. The van der Waals surface area contributed by atoms with Gasteiger partial charge in [0.05, 0.1) is 12.8 Å². The predicted molar refractivity (Wildman–Crippen MR) is 135 cm³/mol. The number of hydrogen-bond donors (Lipinski definition) is 2. The molecule has 9 nitrogen and oxygen atoms in total. The molecule has 0 saturated carbocycles. The fourth-order valence-electron chi connectivity index (χ4n) is 3.54. The average molecular weight is 473 g/mol. The van der Waals surface area contributed by atoms with Crippen LogP contribution in [0.3, 0.4) is 0 Å². The number of urea groups is 1. The van der Waals surface area contributed by atoms with Crippen molar-refractivity contribution in [2.45, 2.75) is 34.6 Å². The summed E-state index contributed by atoms with van der Waals surface area (Å²) in [5.74, 6) is 2.94. The maximum atomic E-state index is 12.4. The number of aromatic nitrogens is 4. The summed E-state index contributed by atoms with van der Waals surface area (Å²) in [7, 11) is 1.61. The molecule has 0 bridgehead atoms. The van der Waals surface area contributed by atoms with Crippen LogP contribution in [-0.2, 0) is 0 Å². The lowest BCUT2D eigenvalue weighted by Crippen LogP contribution is -2.19. The van der Waals surface area contributed by atoms with Gasteiger partial charge >= 0.3 is 6.03 Å². The maximum Gasteiger partial charge on any atom is 0.323 e. The third-order valence-electron chi connectivity index (χ3n) is 5.69. The zero-order valence-corrected chi connectivity index (χ0v) is 20.6. The van der Waals surface area contributed by atoms with E-state index in [9.17, 15) is 4.79 Å². The van der Waals surface area contributed by atoms with Crippen molar-refractivity contribution >= 4 is 17.4 Å². The Kier molecular flexibility index (Phi) is 6.68. The molecule has 0 fully saturated rings. The first-order valence-electron chi connectivity index (χ1n) is 11.1. The van der Waals surface area contributed by atoms with Crippen molar-refractivity contribution in [1.29, 1.82) is 0 Å². The van der Waals surface area contributed by atoms with Crippen LogP contribution in [0.4, 0.5) is 16.2 Å². The molecule has 0 unspecified atom stereocenters. The molecule has 2 aromatic carbocycles. The smallest absolute Gasteiger partial charge is 0.323 e. The third-order valence-corrected chi connectivity index (χ3v) is 5.69. The Labute approximate surface area is 204 Å². The lowest BCUT2D eigenvalue weighted by atomic mass is 10.2. The highest BCUT2D eigenvalue weighted by Gasteiger charge is 2.13. The molecule has 0 atom stereocenters. The minimum Gasteiger partial charge on any atom is -0.497 e. The van der Waals surface area contributed by atoms with E-state index in [1.807, 2.05) is 40.7 Å². The van der Waals surface area contributed by atoms with Crippen LogP contribution in [0.2, 0.25) is 0 Å². The zero-order valence-electron chi connectivity index (χ0n) is 20.6. The Morgan fingerprint density at radius 3 is 2.23 bits per heavy atom. The first kappa shape index (κ1) is 23.7. The summed E-state index contributed by atoms with van der Waals surface area (Å²) >= 11 is 0. The third kappa shape index (κ3) is 5.40. The van der Waals surface area contributed by atoms with Gasteiger partial charge in [-0.25, -0.2) is 14.5 Å². The van der Waals surface area contributed by atoms with Crippen molar-refractivity contribution in [3.8, 4) is 23.2 Å². The molecule has 35 heavy (non-hydrogen) atoms. The summed E-state index contributed by atoms with van der Waals surface area (Å²) in [5, 5.41) is 10.2. The molecule has 0 aliphatic rings. The highest BCUT2D eigenvalue weighted by Crippen LogP contribution is 2.25. The van der Waals surface area contributed by atoms with Gasteiger partial charge in [0.25, 0.3) is 0 Å². The van der Waals surface area contributed by atoms with Gasteiger partial charge in [-0.3, -0.25) is 0 Å². The number of nitrogens with one attached hydrogen (secondary N) is 2. The molecule has 4 rings (SSSR count). The van der Waals surface area contributed by atoms with E-state index in [1.54, 1.807) is 54.3 Å². The van der Waals surface area contributed by atoms with Gasteiger partial charge in [0.15, 0.2) is 5.82 Å². The Balaban J connectivity index is 1.43. The summed E-state index contributed by atoms with van der Waals surface area (Å²) in [6.45, 7) is 9.72. The van der Waals surface area contributed by atoms with E-state index < -0.39 is 0 Å². The highest BCUT2D eigenvalue weighted by atomic mass is 16.5. The second-order valence-corrected chi connectivity index (χ2v) is 8.21. The number of carbonyl (C=O) groups is 1. The van der Waals surface area contributed by atoms with Crippen LogP contribution in [0.25, 0.3) is 5.82 Å². The van der Waals surface area contributed by atoms with Gasteiger partial charge in [0.1, 0.15) is 17.3 Å². The predicted octanol–water partition coefficient (Wildman–Crippen LogP) is 5.65. The Morgan fingerprint density at radius 2 is 1.60 bits per heavy atom. The summed E-state index contributed by atoms with van der Waals surface area (Å²) in [6.07, 6.45) is 0. The van der Waals surface area contributed by atoms with Gasteiger partial charge in [0.2, 0.25) is 5.88 Å². The number of aryl methyl sites for hydroxylation is 3. The van der Waals surface area contributed by atoms with Crippen molar-refractivity contribution in [2.24, 2.45) is 0 Å². The van der Waals surface area contributed by atoms with Gasteiger partial charge in [-0.1, -0.05) is 0 Å². The number of ether oxygens (including phenoxy) is 2. The van der Waals surface area contributed by atoms with Crippen LogP contribution in [0.5, 0.6) is 17.4 Å². The van der Waals surface area contributed by atoms with Gasteiger partial charge in [-0.05, 0) is 88.2 Å². The van der Waals surface area contributed by atoms with Gasteiger partial charge in [0, 0.05) is 23.1 Å². The topological polar surface area (TPSA) is 103 Å². The number of carbonyl (C=O) groups excluding carboxylic acids is 1. The van der Waals surface area contributed by atoms with Crippen molar-refractivity contribution in [3.05, 3.63) is 76.9 Å². The monoisotopic (exact) mass is 472 g/mol. The molecule has 2 amide bonds. The fourth-order valence-corrected chi connectivity index (χ4v) is 3.54. The molecule has 0 radical (unpaired) electrons. The minimum absolute atomic E-state index is 0.344. The molecule has 180 valence electrons. The van der Waals surface area contributed by atoms with Crippen LogP contribution >= 0.6 is 0 Å². The molecule has 0 spiro atoms. The Morgan fingerprint density at radius 1 is 0.886 bits per heavy atom. The SMILES string of the molecule is COc1ccc(NC(=O)Nc2ccc(Oc3cc(-n4nc(C)c(C)c4C)nc(C)n3)cc2)c(C)c1. The van der Waals surface area contributed by atoms with E-state index in [1.165, 1.54) is 0 Å². The number of methoxy groups -OCH3 is 1. The maximum absolute atomic E-state index is 12.4. The highest BCUT2D eigenvalue weighted by molar-refractivity contribution is 6.00. The van der Waals surface area contributed by atoms with Crippen LogP contribution < -0.4 is 20.1 Å². The zero-order chi connectivity index (χ0) is 25.1. The second-order valence-electron chi connectivity index (χ2n) is 8.21. The van der Waals surface area contributed by atoms with Crippen molar-refractivity contribution < 1.29 is 14.3 Å². The first-order valence-corrected chi connectivity index (χ1v) is 11.1. The van der Waals surface area contributed by atoms with Crippen LogP contribution in [-0.4, -0.2) is 32.9 Å². The van der Waals surface area contributed by atoms with Gasteiger partial charge < -0.3 is 20.1 Å². The average Bonchev–Trinajstić information content (AvgIpc) is 3.08. The second kappa shape index (κ2) is 9.84. The molecular weight excluding hydrogens is 444 g/mol. The first-order chi connectivity index (χ1) is 16.7. The van der Waals surface area contributed by atoms with Crippen LogP contribution in [0.1, 0.15) is 28.3 Å². The molecule has 0 saturated heterocycles. The molecular formula is C26H28N6O3.